The molecule has 0 aliphatic carbocycles. The molecule has 2 N–H and O–H groups in total. The van der Waals surface area contributed by atoms with E-state index >= 15 is 0 Å². The molecule has 2 saturated heterocycles. The fourth-order valence-corrected chi connectivity index (χ4v) is 3.27. The van der Waals surface area contributed by atoms with Crippen LogP contribution in [0, 0.1) is 5.92 Å². The highest BCUT2D eigenvalue weighted by Crippen LogP contribution is 2.35. The summed E-state index contributed by atoms with van der Waals surface area (Å²) in [5.41, 5.74) is -0.630. The van der Waals surface area contributed by atoms with Gasteiger partial charge in [-0.25, -0.2) is 4.79 Å². The van der Waals surface area contributed by atoms with Crippen LogP contribution in [0.15, 0.2) is 0 Å². The topological polar surface area (TPSA) is 104 Å². The number of carboxylic acids is 1. The van der Waals surface area contributed by atoms with Crippen LogP contribution in [0.3, 0.4) is 0 Å². The summed E-state index contributed by atoms with van der Waals surface area (Å²) in [5.74, 6) is -6.03. The number of aliphatic hydroxyl groups is 1. The van der Waals surface area contributed by atoms with Gasteiger partial charge < -0.3 is 19.8 Å². The normalized spacial score (nSPS) is 36.0. The lowest BCUT2D eigenvalue weighted by molar-refractivity contribution is -0.247. The number of amides is 1. The second kappa shape index (κ2) is 6.55. The molecule has 0 spiro atoms. The van der Waals surface area contributed by atoms with E-state index in [4.69, 9.17) is 4.74 Å². The Labute approximate surface area is 134 Å². The van der Waals surface area contributed by atoms with Crippen LogP contribution < -0.4 is 0 Å². The summed E-state index contributed by atoms with van der Waals surface area (Å²) in [6, 6.07) is -1.03. The molecule has 2 heterocycles. The molecule has 7 nitrogen and oxygen atoms in total. The van der Waals surface area contributed by atoms with E-state index in [2.05, 4.69) is 12.6 Å². The van der Waals surface area contributed by atoms with Crippen molar-refractivity contribution in [1.82, 2.24) is 4.90 Å². The van der Waals surface area contributed by atoms with Crippen LogP contribution in [0.25, 0.3) is 0 Å². The molecule has 2 aliphatic heterocycles. The van der Waals surface area contributed by atoms with E-state index in [1.807, 2.05) is 0 Å². The maximum absolute atomic E-state index is 12.5. The van der Waals surface area contributed by atoms with Gasteiger partial charge in [0.25, 0.3) is 11.7 Å². The fraction of sp³-hybridized carbons (Fsp3) is 0.786. The molecule has 8 heteroatoms. The zero-order valence-electron chi connectivity index (χ0n) is 12.4. The van der Waals surface area contributed by atoms with Gasteiger partial charge in [0.1, 0.15) is 11.5 Å². The van der Waals surface area contributed by atoms with Crippen LogP contribution in [0.1, 0.15) is 39.0 Å². The number of rotatable bonds is 3. The number of hydrogen-bond acceptors (Lipinski definition) is 6. The Bertz CT molecular complexity index is 484. The molecule has 0 aromatic carbocycles. The average Bonchev–Trinajstić information content (AvgIpc) is 2.49. The Morgan fingerprint density at radius 1 is 1.23 bits per heavy atom. The summed E-state index contributed by atoms with van der Waals surface area (Å²) in [7, 11) is 0. The smallest absolute Gasteiger partial charge is 0.326 e. The van der Waals surface area contributed by atoms with Crippen LogP contribution >= 0.6 is 12.6 Å². The molecule has 4 atom stereocenters. The largest absolute Gasteiger partial charge is 0.480 e. The molecule has 2 fully saturated rings. The van der Waals surface area contributed by atoms with Crippen LogP contribution in [-0.2, 0) is 19.1 Å². The Morgan fingerprint density at radius 3 is 2.55 bits per heavy atom. The number of ketones is 1. The van der Waals surface area contributed by atoms with E-state index in [1.54, 1.807) is 6.92 Å². The number of hydrogen-bond donors (Lipinski definition) is 3. The molecule has 0 bridgehead atoms. The number of thiol groups is 1. The third-order valence-electron chi connectivity index (χ3n) is 4.40. The molecule has 0 saturated carbocycles. The maximum atomic E-state index is 12.5. The zero-order valence-corrected chi connectivity index (χ0v) is 13.3. The Morgan fingerprint density at radius 2 is 1.91 bits per heavy atom. The number of nitrogens with zero attached hydrogens (tertiary/aromatic N) is 1. The summed E-state index contributed by atoms with van der Waals surface area (Å²) in [6.07, 6.45) is 2.68. The van der Waals surface area contributed by atoms with Crippen molar-refractivity contribution in [3.05, 3.63) is 0 Å². The highest BCUT2D eigenvalue weighted by molar-refractivity contribution is 7.80. The summed E-state index contributed by atoms with van der Waals surface area (Å²) in [6.45, 7) is 1.81. The van der Waals surface area contributed by atoms with Crippen molar-refractivity contribution in [2.75, 3.05) is 6.54 Å². The van der Waals surface area contributed by atoms with Crippen molar-refractivity contribution in [2.45, 2.75) is 56.3 Å². The first-order chi connectivity index (χ1) is 10.3. The van der Waals surface area contributed by atoms with Crippen molar-refractivity contribution < 1.29 is 29.3 Å². The minimum absolute atomic E-state index is 0.191. The van der Waals surface area contributed by atoms with Crippen molar-refractivity contribution >= 4 is 30.3 Å². The molecule has 1 amide bonds. The Hall–Kier alpha value is -1.12. The van der Waals surface area contributed by atoms with Crippen LogP contribution in [-0.4, -0.2) is 56.6 Å². The minimum Gasteiger partial charge on any atom is -0.480 e. The third-order valence-corrected chi connectivity index (χ3v) is 4.76. The number of carbonyl (C=O) groups is 3. The first-order valence-corrected chi connectivity index (χ1v) is 7.95. The van der Waals surface area contributed by atoms with E-state index in [-0.39, 0.29) is 6.54 Å². The van der Waals surface area contributed by atoms with Gasteiger partial charge in [0.2, 0.25) is 5.79 Å². The van der Waals surface area contributed by atoms with Crippen molar-refractivity contribution in [3.63, 3.8) is 0 Å². The van der Waals surface area contributed by atoms with Crippen LogP contribution in [0.5, 0.6) is 0 Å². The van der Waals surface area contributed by atoms with Gasteiger partial charge in [0.05, 0.1) is 0 Å². The SMILES string of the molecule is CC1CCC(S)OC1(O)C(=O)C(=O)N1CCCCC1C(=O)O. The summed E-state index contributed by atoms with van der Waals surface area (Å²) in [4.78, 5) is 37.2. The fourth-order valence-electron chi connectivity index (χ4n) is 2.96. The number of likely N-dealkylation sites (tertiary alicyclic amines) is 1. The molecule has 2 aliphatic rings. The van der Waals surface area contributed by atoms with Gasteiger partial charge in [-0.05, 0) is 32.1 Å². The Balaban J connectivity index is 2.20. The molecule has 0 radical (unpaired) electrons. The molecule has 2 rings (SSSR count). The maximum Gasteiger partial charge on any atom is 0.326 e. The van der Waals surface area contributed by atoms with Gasteiger partial charge in [-0.1, -0.05) is 6.92 Å². The lowest BCUT2D eigenvalue weighted by atomic mass is 9.88. The Kier molecular flexibility index (Phi) is 5.14. The van der Waals surface area contributed by atoms with E-state index in [1.165, 1.54) is 0 Å². The second-order valence-corrected chi connectivity index (χ2v) is 6.50. The number of ether oxygens (including phenoxy) is 1. The van der Waals surface area contributed by atoms with Gasteiger partial charge >= 0.3 is 5.97 Å². The molecule has 0 aromatic rings. The predicted molar refractivity (Wildman–Crippen MR) is 79.2 cm³/mol. The van der Waals surface area contributed by atoms with E-state index in [0.29, 0.717) is 32.1 Å². The van der Waals surface area contributed by atoms with Gasteiger partial charge in [-0.3, -0.25) is 9.59 Å². The molecule has 124 valence electrons. The highest BCUT2D eigenvalue weighted by atomic mass is 32.1. The van der Waals surface area contributed by atoms with Crippen molar-refractivity contribution in [1.29, 1.82) is 0 Å². The third kappa shape index (κ3) is 3.13. The number of Topliss-reactive ketones (excluding diaryl/α,β-unsaturated/α-hetero) is 1. The second-order valence-electron chi connectivity index (χ2n) is 5.92. The lowest BCUT2D eigenvalue weighted by Gasteiger charge is -2.40. The quantitative estimate of drug-likeness (QED) is 0.511. The van der Waals surface area contributed by atoms with E-state index in [9.17, 15) is 24.6 Å². The van der Waals surface area contributed by atoms with Crippen LogP contribution in [0.4, 0.5) is 0 Å². The number of carbonyl (C=O) groups excluding carboxylic acids is 2. The number of carboxylic acid groups (broad SMARTS) is 1. The molecule has 0 aromatic heterocycles. The summed E-state index contributed by atoms with van der Waals surface area (Å²) >= 11 is 4.10. The van der Waals surface area contributed by atoms with Crippen LogP contribution in [0.2, 0.25) is 0 Å². The highest BCUT2D eigenvalue weighted by Gasteiger charge is 2.52. The molecular formula is C14H21NO6S. The van der Waals surface area contributed by atoms with Gasteiger partial charge in [0.15, 0.2) is 0 Å². The minimum atomic E-state index is -2.23. The molecular weight excluding hydrogens is 310 g/mol. The van der Waals surface area contributed by atoms with E-state index in [0.717, 1.165) is 4.90 Å². The van der Waals surface area contributed by atoms with Gasteiger partial charge in [0, 0.05) is 12.5 Å². The first-order valence-electron chi connectivity index (χ1n) is 7.44. The predicted octanol–water partition coefficient (Wildman–Crippen LogP) is 0.412. The lowest BCUT2D eigenvalue weighted by Crippen LogP contribution is -2.60. The zero-order chi connectivity index (χ0) is 16.5. The van der Waals surface area contributed by atoms with Gasteiger partial charge in [-0.15, -0.1) is 12.6 Å². The standard InChI is InChI=1S/C14H21NO6S/c1-8-5-6-10(22)21-14(8,20)11(16)12(17)15-7-3-2-4-9(15)13(18)19/h8-10,20,22H,2-7H2,1H3,(H,18,19). The summed E-state index contributed by atoms with van der Waals surface area (Å²) < 4.78 is 5.23. The van der Waals surface area contributed by atoms with Crippen molar-refractivity contribution in [2.24, 2.45) is 5.92 Å². The number of aliphatic carboxylic acids is 1. The summed E-state index contributed by atoms with van der Waals surface area (Å²) in [5, 5.41) is 19.7. The first kappa shape index (κ1) is 17.2. The monoisotopic (exact) mass is 331 g/mol. The van der Waals surface area contributed by atoms with Gasteiger partial charge in [-0.2, -0.15) is 0 Å². The average molecular weight is 331 g/mol. The van der Waals surface area contributed by atoms with E-state index < -0.39 is 40.8 Å². The van der Waals surface area contributed by atoms with Crippen molar-refractivity contribution in [3.8, 4) is 0 Å². The number of piperidine rings is 1. The molecule has 4 unspecified atom stereocenters. The molecule has 22 heavy (non-hydrogen) atoms.